The van der Waals surface area contributed by atoms with Crippen molar-refractivity contribution in [1.29, 1.82) is 0 Å². The number of rotatable bonds is 2. The Labute approximate surface area is 82.1 Å². The zero-order chi connectivity index (χ0) is 10.3. The molecule has 1 heterocycles. The Morgan fingerprint density at radius 3 is 1.62 bits per heavy atom. The topological polar surface area (TPSA) is 57.1 Å². The molecule has 0 amide bonds. The second kappa shape index (κ2) is 6.42. The van der Waals surface area contributed by atoms with Gasteiger partial charge in [-0.25, -0.2) is 0 Å². The predicted octanol–water partition coefficient (Wildman–Crippen LogP) is 1.57. The van der Waals surface area contributed by atoms with Crippen molar-refractivity contribution in [3.63, 3.8) is 0 Å². The van der Waals surface area contributed by atoms with Gasteiger partial charge in [-0.05, 0) is 11.6 Å². The van der Waals surface area contributed by atoms with Gasteiger partial charge >= 0.3 is 12.0 Å². The lowest BCUT2D eigenvalue weighted by Crippen LogP contribution is -1.98. The van der Waals surface area contributed by atoms with E-state index in [1.54, 1.807) is 0 Å². The second-order valence-electron chi connectivity index (χ2n) is 1.58. The molecular formula is C7H12ClN3O2. The van der Waals surface area contributed by atoms with Crippen molar-refractivity contribution in [2.45, 2.75) is 13.8 Å². The Morgan fingerprint density at radius 1 is 0.923 bits per heavy atom. The van der Waals surface area contributed by atoms with Gasteiger partial charge in [-0.3, -0.25) is 0 Å². The molecule has 0 radical (unpaired) electrons. The van der Waals surface area contributed by atoms with Crippen molar-refractivity contribution in [2.24, 2.45) is 0 Å². The molecule has 13 heavy (non-hydrogen) atoms. The molecule has 0 atom stereocenters. The predicted molar refractivity (Wildman–Crippen MR) is 49.3 cm³/mol. The zero-order valence-electron chi connectivity index (χ0n) is 8.04. The van der Waals surface area contributed by atoms with Gasteiger partial charge in [0.25, 0.3) is 0 Å². The maximum absolute atomic E-state index is 5.49. The van der Waals surface area contributed by atoms with Crippen LogP contribution in [0.2, 0.25) is 5.28 Å². The zero-order valence-corrected chi connectivity index (χ0v) is 8.79. The van der Waals surface area contributed by atoms with E-state index < -0.39 is 0 Å². The van der Waals surface area contributed by atoms with Crippen LogP contribution in [0.5, 0.6) is 12.0 Å². The molecule has 6 heteroatoms. The van der Waals surface area contributed by atoms with Gasteiger partial charge in [-0.15, -0.1) is 4.98 Å². The molecule has 0 aromatic carbocycles. The standard InChI is InChI=1S/C5H6ClN3O2.C2H6/c1-10-4-7-3(6)8-5(9-4)11-2;1-2/h1-2H3;1-2H3. The van der Waals surface area contributed by atoms with Crippen molar-refractivity contribution in [2.75, 3.05) is 14.2 Å². The molecule has 1 aromatic heterocycles. The number of hydrogen-bond donors (Lipinski definition) is 0. The minimum Gasteiger partial charge on any atom is -0.467 e. The maximum Gasteiger partial charge on any atom is 0.323 e. The summed E-state index contributed by atoms with van der Waals surface area (Å²) in [5, 5.41) is 0.0497. The summed E-state index contributed by atoms with van der Waals surface area (Å²) in [5.41, 5.74) is 0. The van der Waals surface area contributed by atoms with E-state index >= 15 is 0 Å². The van der Waals surface area contributed by atoms with Gasteiger partial charge < -0.3 is 9.47 Å². The van der Waals surface area contributed by atoms with E-state index in [0.29, 0.717) is 0 Å². The largest absolute Gasteiger partial charge is 0.467 e. The highest BCUT2D eigenvalue weighted by Gasteiger charge is 2.03. The molecule has 0 fully saturated rings. The smallest absolute Gasteiger partial charge is 0.323 e. The van der Waals surface area contributed by atoms with Crippen LogP contribution < -0.4 is 9.47 Å². The summed E-state index contributed by atoms with van der Waals surface area (Å²) in [6.45, 7) is 4.00. The highest BCUT2D eigenvalue weighted by atomic mass is 35.5. The van der Waals surface area contributed by atoms with E-state index in [1.807, 2.05) is 13.8 Å². The Morgan fingerprint density at radius 2 is 1.31 bits per heavy atom. The van der Waals surface area contributed by atoms with Crippen LogP contribution in [0.3, 0.4) is 0 Å². The normalized spacial score (nSPS) is 8.38. The molecule has 74 valence electrons. The van der Waals surface area contributed by atoms with E-state index in [1.165, 1.54) is 14.2 Å². The highest BCUT2D eigenvalue weighted by molar-refractivity contribution is 6.28. The molecule has 5 nitrogen and oxygen atoms in total. The van der Waals surface area contributed by atoms with Gasteiger partial charge in [0.2, 0.25) is 5.28 Å². The number of methoxy groups -OCH3 is 2. The lowest BCUT2D eigenvalue weighted by Gasteiger charge is -1.99. The summed E-state index contributed by atoms with van der Waals surface area (Å²) in [7, 11) is 2.87. The van der Waals surface area contributed by atoms with Crippen molar-refractivity contribution < 1.29 is 9.47 Å². The minimum absolute atomic E-state index is 0.0497. The van der Waals surface area contributed by atoms with E-state index in [4.69, 9.17) is 21.1 Å². The first-order chi connectivity index (χ1) is 6.26. The monoisotopic (exact) mass is 205 g/mol. The van der Waals surface area contributed by atoms with Crippen LogP contribution in [0.25, 0.3) is 0 Å². The average Bonchev–Trinajstić information content (AvgIpc) is 2.20. The number of halogens is 1. The third-order valence-electron chi connectivity index (χ3n) is 0.932. The van der Waals surface area contributed by atoms with Gasteiger partial charge in [0.05, 0.1) is 14.2 Å². The number of aromatic nitrogens is 3. The molecule has 0 N–H and O–H groups in total. The van der Waals surface area contributed by atoms with Gasteiger partial charge in [0.1, 0.15) is 0 Å². The average molecular weight is 206 g/mol. The summed E-state index contributed by atoms with van der Waals surface area (Å²) in [6, 6.07) is 0.281. The molecule has 0 unspecified atom stereocenters. The number of hydrogen-bond acceptors (Lipinski definition) is 5. The van der Waals surface area contributed by atoms with Crippen LogP contribution in [0.15, 0.2) is 0 Å². The quantitative estimate of drug-likeness (QED) is 0.734. The van der Waals surface area contributed by atoms with Crippen molar-refractivity contribution in [3.8, 4) is 12.0 Å². The third-order valence-corrected chi connectivity index (χ3v) is 1.10. The maximum atomic E-state index is 5.49. The van der Waals surface area contributed by atoms with Crippen LogP contribution >= 0.6 is 11.6 Å². The van der Waals surface area contributed by atoms with Crippen molar-refractivity contribution >= 4 is 11.6 Å². The first-order valence-electron chi connectivity index (χ1n) is 3.76. The summed E-state index contributed by atoms with van der Waals surface area (Å²) in [5.74, 6) is 0. The molecule has 0 aliphatic heterocycles. The third kappa shape index (κ3) is 3.89. The van der Waals surface area contributed by atoms with E-state index in [0.717, 1.165) is 0 Å². The lowest BCUT2D eigenvalue weighted by atomic mass is 11.0. The van der Waals surface area contributed by atoms with Gasteiger partial charge in [0.15, 0.2) is 0 Å². The van der Waals surface area contributed by atoms with Crippen LogP contribution in [-0.2, 0) is 0 Å². The molecular weight excluding hydrogens is 194 g/mol. The summed E-state index contributed by atoms with van der Waals surface area (Å²) in [6.07, 6.45) is 0. The highest BCUT2D eigenvalue weighted by Crippen LogP contribution is 2.11. The Kier molecular flexibility index (Phi) is 5.88. The molecule has 0 aliphatic rings. The number of nitrogens with zero attached hydrogens (tertiary/aromatic N) is 3. The Bertz CT molecular complexity index is 235. The Balaban J connectivity index is 0.000000671. The van der Waals surface area contributed by atoms with Crippen molar-refractivity contribution in [1.82, 2.24) is 15.0 Å². The lowest BCUT2D eigenvalue weighted by molar-refractivity contribution is 0.340. The van der Waals surface area contributed by atoms with Crippen LogP contribution in [0, 0.1) is 0 Å². The summed E-state index contributed by atoms with van der Waals surface area (Å²) in [4.78, 5) is 11.0. The fourth-order valence-electron chi connectivity index (χ4n) is 0.497. The minimum atomic E-state index is 0.0497. The van der Waals surface area contributed by atoms with Crippen molar-refractivity contribution in [3.05, 3.63) is 5.28 Å². The fraction of sp³-hybridized carbons (Fsp3) is 0.571. The molecule has 1 rings (SSSR count). The number of ether oxygens (including phenoxy) is 2. The molecule has 0 saturated heterocycles. The van der Waals surface area contributed by atoms with Gasteiger partial charge in [-0.2, -0.15) is 9.97 Å². The molecule has 0 bridgehead atoms. The van der Waals surface area contributed by atoms with Crippen LogP contribution in [0.4, 0.5) is 0 Å². The first kappa shape index (κ1) is 11.9. The first-order valence-corrected chi connectivity index (χ1v) is 4.13. The van der Waals surface area contributed by atoms with Crippen LogP contribution in [0.1, 0.15) is 13.8 Å². The van der Waals surface area contributed by atoms with Crippen LogP contribution in [-0.4, -0.2) is 29.2 Å². The SMILES string of the molecule is CC.COc1nc(Cl)nc(OC)n1. The van der Waals surface area contributed by atoms with Gasteiger partial charge in [-0.1, -0.05) is 13.8 Å². The molecule has 0 aliphatic carbocycles. The second-order valence-corrected chi connectivity index (χ2v) is 1.92. The van der Waals surface area contributed by atoms with E-state index in [-0.39, 0.29) is 17.3 Å². The van der Waals surface area contributed by atoms with E-state index in [2.05, 4.69) is 15.0 Å². The summed E-state index contributed by atoms with van der Waals surface area (Å²) < 4.78 is 9.42. The summed E-state index contributed by atoms with van der Waals surface area (Å²) >= 11 is 5.49. The van der Waals surface area contributed by atoms with E-state index in [9.17, 15) is 0 Å². The fourth-order valence-corrected chi connectivity index (χ4v) is 0.642. The molecule has 1 aromatic rings. The Hall–Kier alpha value is -1.10. The van der Waals surface area contributed by atoms with Gasteiger partial charge in [0, 0.05) is 0 Å². The molecule has 0 saturated carbocycles. The molecule has 0 spiro atoms.